The van der Waals surface area contributed by atoms with E-state index < -0.39 is 28.4 Å². The quantitative estimate of drug-likeness (QED) is 0.709. The number of hydrogen-bond acceptors (Lipinski definition) is 4. The first-order chi connectivity index (χ1) is 12.7. The van der Waals surface area contributed by atoms with Gasteiger partial charge in [0.25, 0.3) is 5.91 Å². The molecule has 0 fully saturated rings. The third kappa shape index (κ3) is 6.06. The minimum absolute atomic E-state index is 0.0505. The number of rotatable bonds is 6. The Morgan fingerprint density at radius 2 is 1.52 bits per heavy atom. The molecule has 9 heteroatoms. The number of amides is 2. The van der Waals surface area contributed by atoms with E-state index in [0.29, 0.717) is 5.02 Å². The van der Waals surface area contributed by atoms with Gasteiger partial charge in [0, 0.05) is 12.1 Å². The Labute approximate surface area is 163 Å². The second-order valence-corrected chi connectivity index (χ2v) is 8.46. The van der Waals surface area contributed by atoms with Crippen LogP contribution in [0.1, 0.15) is 11.1 Å². The predicted octanol–water partition coefficient (Wildman–Crippen LogP) is 1.66. The van der Waals surface area contributed by atoms with Crippen LogP contribution in [0.15, 0.2) is 53.4 Å². The Morgan fingerprint density at radius 1 is 0.963 bits per heavy atom. The van der Waals surface area contributed by atoms with Crippen molar-refractivity contribution in [3.8, 4) is 0 Å². The van der Waals surface area contributed by atoms with Crippen molar-refractivity contribution in [3.63, 3.8) is 0 Å². The van der Waals surface area contributed by atoms with Crippen molar-refractivity contribution in [1.82, 2.24) is 15.2 Å². The Balaban J connectivity index is 1.86. The highest BCUT2D eigenvalue weighted by atomic mass is 35.5. The van der Waals surface area contributed by atoms with Gasteiger partial charge in [0.2, 0.25) is 15.9 Å². The molecule has 0 saturated heterocycles. The van der Waals surface area contributed by atoms with Crippen molar-refractivity contribution in [3.05, 3.63) is 64.7 Å². The van der Waals surface area contributed by atoms with Gasteiger partial charge in [-0.1, -0.05) is 41.4 Å². The van der Waals surface area contributed by atoms with E-state index in [1.807, 2.05) is 6.92 Å². The van der Waals surface area contributed by atoms with Crippen molar-refractivity contribution in [1.29, 1.82) is 0 Å². The maximum Gasteiger partial charge on any atom is 0.253 e. The van der Waals surface area contributed by atoms with E-state index in [1.165, 1.54) is 19.2 Å². The smallest absolute Gasteiger partial charge is 0.253 e. The SMILES string of the molecule is Cc1ccc(S(=O)(=O)N(C)CC(=O)NNC(=O)Cc2ccc(Cl)cc2)cc1. The second kappa shape index (κ2) is 8.98. The number of hydrogen-bond donors (Lipinski definition) is 2. The molecule has 2 aromatic rings. The van der Waals surface area contributed by atoms with E-state index in [9.17, 15) is 18.0 Å². The summed E-state index contributed by atoms with van der Waals surface area (Å²) >= 11 is 5.78. The normalized spacial score (nSPS) is 11.3. The molecule has 2 aromatic carbocycles. The van der Waals surface area contributed by atoms with Crippen LogP contribution in [0.2, 0.25) is 5.02 Å². The predicted molar refractivity (Wildman–Crippen MR) is 102 cm³/mol. The molecule has 0 aliphatic rings. The standard InChI is InChI=1S/C18H20ClN3O4S/c1-13-3-9-16(10-4-13)27(25,26)22(2)12-18(24)21-20-17(23)11-14-5-7-15(19)8-6-14/h3-10H,11-12H2,1-2H3,(H,20,23)(H,21,24). The Kier molecular flexibility index (Phi) is 6.95. The minimum Gasteiger partial charge on any atom is -0.273 e. The summed E-state index contributed by atoms with van der Waals surface area (Å²) in [6.45, 7) is 1.41. The number of aryl methyl sites for hydroxylation is 1. The minimum atomic E-state index is -3.79. The Hall–Kier alpha value is -2.42. The number of nitrogens with zero attached hydrogens (tertiary/aromatic N) is 1. The third-order valence-corrected chi connectivity index (χ3v) is 5.78. The first-order valence-corrected chi connectivity index (χ1v) is 9.85. The summed E-state index contributed by atoms with van der Waals surface area (Å²) in [6, 6.07) is 13.0. The number of likely N-dealkylation sites (N-methyl/N-ethyl adjacent to an activating group) is 1. The largest absolute Gasteiger partial charge is 0.273 e. The number of sulfonamides is 1. The van der Waals surface area contributed by atoms with Crippen LogP contribution in [0.3, 0.4) is 0 Å². The second-order valence-electron chi connectivity index (χ2n) is 5.97. The molecule has 2 rings (SSSR count). The highest BCUT2D eigenvalue weighted by Crippen LogP contribution is 2.14. The average molecular weight is 410 g/mol. The monoisotopic (exact) mass is 409 g/mol. The average Bonchev–Trinajstić information content (AvgIpc) is 2.62. The van der Waals surface area contributed by atoms with Gasteiger partial charge in [-0.3, -0.25) is 20.4 Å². The van der Waals surface area contributed by atoms with Gasteiger partial charge in [-0.25, -0.2) is 8.42 Å². The van der Waals surface area contributed by atoms with Gasteiger partial charge in [0.15, 0.2) is 0 Å². The van der Waals surface area contributed by atoms with Crippen LogP contribution in [0, 0.1) is 6.92 Å². The third-order valence-electron chi connectivity index (χ3n) is 3.71. The van der Waals surface area contributed by atoms with Crippen LogP contribution in [0.25, 0.3) is 0 Å². The lowest BCUT2D eigenvalue weighted by atomic mass is 10.1. The lowest BCUT2D eigenvalue weighted by Crippen LogP contribution is -2.47. The summed E-state index contributed by atoms with van der Waals surface area (Å²) in [5.41, 5.74) is 6.12. The van der Waals surface area contributed by atoms with Gasteiger partial charge in [-0.05, 0) is 36.8 Å². The molecule has 2 amide bonds. The molecule has 0 atom stereocenters. The van der Waals surface area contributed by atoms with E-state index in [0.717, 1.165) is 15.4 Å². The summed E-state index contributed by atoms with van der Waals surface area (Å²) in [4.78, 5) is 23.9. The number of hydrazine groups is 1. The molecule has 0 unspecified atom stereocenters. The summed E-state index contributed by atoms with van der Waals surface area (Å²) < 4.78 is 25.8. The van der Waals surface area contributed by atoms with Crippen molar-refractivity contribution in [2.24, 2.45) is 0 Å². The molecule has 0 radical (unpaired) electrons. The lowest BCUT2D eigenvalue weighted by Gasteiger charge is -2.17. The van der Waals surface area contributed by atoms with E-state index in [2.05, 4.69) is 10.9 Å². The summed E-state index contributed by atoms with van der Waals surface area (Å²) in [5.74, 6) is -1.09. The van der Waals surface area contributed by atoms with Gasteiger partial charge in [0.05, 0.1) is 17.9 Å². The van der Waals surface area contributed by atoms with E-state index in [-0.39, 0.29) is 11.3 Å². The summed E-state index contributed by atoms with van der Waals surface area (Å²) in [7, 11) is -2.50. The molecule has 0 heterocycles. The molecule has 27 heavy (non-hydrogen) atoms. The molecule has 0 aromatic heterocycles. The lowest BCUT2D eigenvalue weighted by molar-refractivity contribution is -0.128. The highest BCUT2D eigenvalue weighted by molar-refractivity contribution is 7.89. The van der Waals surface area contributed by atoms with Crippen LogP contribution in [0.5, 0.6) is 0 Å². The Morgan fingerprint density at radius 3 is 2.11 bits per heavy atom. The van der Waals surface area contributed by atoms with Gasteiger partial charge in [0.1, 0.15) is 0 Å². The molecule has 2 N–H and O–H groups in total. The van der Waals surface area contributed by atoms with E-state index in [1.54, 1.807) is 36.4 Å². The number of carbonyl (C=O) groups is 2. The molecule has 0 spiro atoms. The maximum absolute atomic E-state index is 12.4. The van der Waals surface area contributed by atoms with Crippen LogP contribution in [-0.2, 0) is 26.0 Å². The topological polar surface area (TPSA) is 95.6 Å². The highest BCUT2D eigenvalue weighted by Gasteiger charge is 2.22. The molecule has 144 valence electrons. The molecule has 0 aliphatic carbocycles. The number of nitrogens with one attached hydrogen (secondary N) is 2. The van der Waals surface area contributed by atoms with Crippen molar-refractivity contribution >= 4 is 33.4 Å². The van der Waals surface area contributed by atoms with Crippen molar-refractivity contribution in [2.45, 2.75) is 18.2 Å². The van der Waals surface area contributed by atoms with E-state index >= 15 is 0 Å². The number of carbonyl (C=O) groups excluding carboxylic acids is 2. The van der Waals surface area contributed by atoms with Crippen LogP contribution in [0.4, 0.5) is 0 Å². The van der Waals surface area contributed by atoms with Gasteiger partial charge < -0.3 is 0 Å². The van der Waals surface area contributed by atoms with Gasteiger partial charge >= 0.3 is 0 Å². The maximum atomic E-state index is 12.4. The zero-order valence-electron chi connectivity index (χ0n) is 14.9. The Bertz CT molecular complexity index is 913. The van der Waals surface area contributed by atoms with Gasteiger partial charge in [-0.2, -0.15) is 4.31 Å². The zero-order chi connectivity index (χ0) is 20.0. The first kappa shape index (κ1) is 20.9. The first-order valence-electron chi connectivity index (χ1n) is 8.03. The molecule has 0 saturated carbocycles. The van der Waals surface area contributed by atoms with Crippen LogP contribution >= 0.6 is 11.6 Å². The number of benzene rings is 2. The van der Waals surface area contributed by atoms with Crippen molar-refractivity contribution < 1.29 is 18.0 Å². The van der Waals surface area contributed by atoms with Crippen molar-refractivity contribution in [2.75, 3.05) is 13.6 Å². The summed E-state index contributed by atoms with van der Waals surface area (Å²) in [5, 5.41) is 0.560. The number of halogens is 1. The fraction of sp³-hybridized carbons (Fsp3) is 0.222. The summed E-state index contributed by atoms with van der Waals surface area (Å²) in [6.07, 6.45) is 0.0505. The zero-order valence-corrected chi connectivity index (χ0v) is 16.5. The molecular formula is C18H20ClN3O4S. The van der Waals surface area contributed by atoms with Crippen LogP contribution in [-0.4, -0.2) is 38.1 Å². The molecule has 7 nitrogen and oxygen atoms in total. The molecular weight excluding hydrogens is 390 g/mol. The van der Waals surface area contributed by atoms with Gasteiger partial charge in [-0.15, -0.1) is 0 Å². The fourth-order valence-electron chi connectivity index (χ4n) is 2.19. The fourth-order valence-corrected chi connectivity index (χ4v) is 3.44. The van der Waals surface area contributed by atoms with Crippen LogP contribution < -0.4 is 10.9 Å². The van der Waals surface area contributed by atoms with E-state index in [4.69, 9.17) is 11.6 Å². The molecule has 0 aliphatic heterocycles. The molecule has 0 bridgehead atoms.